The summed E-state index contributed by atoms with van der Waals surface area (Å²) >= 11 is 0. The van der Waals surface area contributed by atoms with Crippen molar-refractivity contribution in [1.29, 1.82) is 0 Å². The fourth-order valence-electron chi connectivity index (χ4n) is 7.58. The third-order valence-corrected chi connectivity index (χ3v) is 10.0. The first kappa shape index (κ1) is 30.6. The minimum Gasteiger partial charge on any atom is -0.309 e. The minimum atomic E-state index is 0.639. The molecule has 2 heterocycles. The maximum atomic E-state index is 5.02. The van der Waals surface area contributed by atoms with Gasteiger partial charge >= 0.3 is 0 Å². The van der Waals surface area contributed by atoms with Crippen molar-refractivity contribution in [2.45, 2.75) is 0 Å². The summed E-state index contributed by atoms with van der Waals surface area (Å²) in [7, 11) is 0. The normalized spacial score (nSPS) is 11.4. The molecule has 4 heteroatoms. The van der Waals surface area contributed by atoms with Crippen LogP contribution in [0.25, 0.3) is 94.7 Å². The molecule has 0 saturated heterocycles. The molecule has 4 nitrogen and oxygen atoms in total. The van der Waals surface area contributed by atoms with E-state index >= 15 is 0 Å². The monoisotopic (exact) mass is 676 g/mol. The van der Waals surface area contributed by atoms with Crippen LogP contribution in [0.1, 0.15) is 0 Å². The second-order valence-corrected chi connectivity index (χ2v) is 13.2. The van der Waals surface area contributed by atoms with Crippen LogP contribution in [0, 0.1) is 0 Å². The quantitative estimate of drug-likeness (QED) is 0.176. The van der Waals surface area contributed by atoms with Crippen molar-refractivity contribution in [2.24, 2.45) is 0 Å². The van der Waals surface area contributed by atoms with E-state index < -0.39 is 0 Å². The lowest BCUT2D eigenvalue weighted by molar-refractivity contribution is 1.07. The molecule has 0 aliphatic heterocycles. The molecular formula is C49H32N4. The van der Waals surface area contributed by atoms with Gasteiger partial charge in [-0.25, -0.2) is 15.0 Å². The smallest absolute Gasteiger partial charge is 0.164 e. The molecule has 0 saturated carbocycles. The Balaban J connectivity index is 1.13. The number of hydrogen-bond acceptors (Lipinski definition) is 3. The Kier molecular flexibility index (Phi) is 7.43. The van der Waals surface area contributed by atoms with E-state index in [4.69, 9.17) is 15.0 Å². The van der Waals surface area contributed by atoms with Crippen LogP contribution in [0.2, 0.25) is 0 Å². The van der Waals surface area contributed by atoms with Crippen molar-refractivity contribution in [1.82, 2.24) is 19.5 Å². The molecule has 0 unspecified atom stereocenters. The molecule has 0 atom stereocenters. The van der Waals surface area contributed by atoms with E-state index in [0.717, 1.165) is 33.5 Å². The van der Waals surface area contributed by atoms with Crippen LogP contribution in [0.3, 0.4) is 0 Å². The number of nitrogens with zero attached hydrogens (tertiary/aromatic N) is 4. The van der Waals surface area contributed by atoms with E-state index in [1.807, 2.05) is 60.7 Å². The summed E-state index contributed by atoms with van der Waals surface area (Å²) in [4.78, 5) is 14.9. The van der Waals surface area contributed by atoms with Crippen LogP contribution in [0.4, 0.5) is 0 Å². The van der Waals surface area contributed by atoms with Gasteiger partial charge in [0.15, 0.2) is 17.5 Å². The number of para-hydroxylation sites is 2. The summed E-state index contributed by atoms with van der Waals surface area (Å²) in [6.45, 7) is 0. The Morgan fingerprint density at radius 2 is 0.811 bits per heavy atom. The van der Waals surface area contributed by atoms with Crippen molar-refractivity contribution in [2.75, 3.05) is 0 Å². The van der Waals surface area contributed by atoms with Gasteiger partial charge in [-0.1, -0.05) is 158 Å². The van der Waals surface area contributed by atoms with E-state index in [-0.39, 0.29) is 0 Å². The lowest BCUT2D eigenvalue weighted by Gasteiger charge is -2.14. The Morgan fingerprint density at radius 1 is 0.321 bits per heavy atom. The van der Waals surface area contributed by atoms with Crippen LogP contribution in [-0.2, 0) is 0 Å². The highest BCUT2D eigenvalue weighted by atomic mass is 15.0. The summed E-state index contributed by atoms with van der Waals surface area (Å²) in [5, 5.41) is 4.87. The molecule has 248 valence electrons. The molecule has 0 aliphatic carbocycles. The fourth-order valence-corrected chi connectivity index (χ4v) is 7.58. The molecule has 0 amide bonds. The molecule has 10 aromatic rings. The Hall–Kier alpha value is -7.17. The largest absolute Gasteiger partial charge is 0.309 e. The Bertz CT molecular complexity index is 2870. The lowest BCUT2D eigenvalue weighted by atomic mass is 9.90. The van der Waals surface area contributed by atoms with E-state index in [1.165, 1.54) is 43.7 Å². The number of fused-ring (bicyclic) bond motifs is 4. The van der Waals surface area contributed by atoms with Crippen LogP contribution in [0.15, 0.2) is 194 Å². The molecule has 10 rings (SSSR count). The predicted molar refractivity (Wildman–Crippen MR) is 219 cm³/mol. The van der Waals surface area contributed by atoms with Crippen molar-refractivity contribution in [3.8, 4) is 62.1 Å². The summed E-state index contributed by atoms with van der Waals surface area (Å²) in [5.74, 6) is 1.94. The molecule has 0 N–H and O–H groups in total. The Morgan fingerprint density at radius 3 is 1.47 bits per heavy atom. The van der Waals surface area contributed by atoms with Gasteiger partial charge in [0.1, 0.15) is 0 Å². The van der Waals surface area contributed by atoms with E-state index in [0.29, 0.717) is 17.5 Å². The molecular weight excluding hydrogens is 645 g/mol. The number of hydrogen-bond donors (Lipinski definition) is 0. The maximum Gasteiger partial charge on any atom is 0.164 e. The average Bonchev–Trinajstić information content (AvgIpc) is 3.58. The zero-order valence-corrected chi connectivity index (χ0v) is 28.8. The van der Waals surface area contributed by atoms with Gasteiger partial charge in [-0.2, -0.15) is 0 Å². The first-order chi connectivity index (χ1) is 26.3. The third-order valence-electron chi connectivity index (χ3n) is 10.0. The fraction of sp³-hybridized carbons (Fsp3) is 0. The van der Waals surface area contributed by atoms with Gasteiger partial charge in [0.05, 0.1) is 11.0 Å². The molecule has 0 radical (unpaired) electrons. The van der Waals surface area contributed by atoms with Crippen LogP contribution >= 0.6 is 0 Å². The van der Waals surface area contributed by atoms with Gasteiger partial charge in [0.2, 0.25) is 0 Å². The van der Waals surface area contributed by atoms with Crippen molar-refractivity contribution in [3.05, 3.63) is 194 Å². The van der Waals surface area contributed by atoms with Gasteiger partial charge < -0.3 is 4.57 Å². The number of aromatic nitrogens is 4. The summed E-state index contributed by atoms with van der Waals surface area (Å²) < 4.78 is 2.36. The molecule has 0 spiro atoms. The number of benzene rings is 8. The van der Waals surface area contributed by atoms with Crippen LogP contribution in [-0.4, -0.2) is 19.5 Å². The second kappa shape index (κ2) is 12.9. The highest BCUT2D eigenvalue weighted by Crippen LogP contribution is 2.40. The van der Waals surface area contributed by atoms with Gasteiger partial charge in [0, 0.05) is 33.2 Å². The first-order valence-electron chi connectivity index (χ1n) is 17.9. The second-order valence-electron chi connectivity index (χ2n) is 13.2. The van der Waals surface area contributed by atoms with E-state index in [2.05, 4.69) is 138 Å². The van der Waals surface area contributed by atoms with Gasteiger partial charge in [-0.05, 0) is 69.4 Å². The summed E-state index contributed by atoms with van der Waals surface area (Å²) in [5.41, 5.74) is 11.0. The topological polar surface area (TPSA) is 43.6 Å². The van der Waals surface area contributed by atoms with Crippen molar-refractivity contribution in [3.63, 3.8) is 0 Å². The predicted octanol–water partition coefficient (Wildman–Crippen LogP) is 12.5. The van der Waals surface area contributed by atoms with Gasteiger partial charge in [0.25, 0.3) is 0 Å². The molecule has 2 aromatic heterocycles. The summed E-state index contributed by atoms with van der Waals surface area (Å²) in [6.07, 6.45) is 0. The molecule has 8 aromatic carbocycles. The molecule has 0 fully saturated rings. The van der Waals surface area contributed by atoms with Gasteiger partial charge in [-0.3, -0.25) is 0 Å². The third kappa shape index (κ3) is 5.45. The van der Waals surface area contributed by atoms with E-state index in [9.17, 15) is 0 Å². The molecule has 0 aliphatic rings. The van der Waals surface area contributed by atoms with Crippen molar-refractivity contribution >= 4 is 32.6 Å². The zero-order chi connectivity index (χ0) is 35.1. The van der Waals surface area contributed by atoms with Crippen LogP contribution in [0.5, 0.6) is 0 Å². The maximum absolute atomic E-state index is 5.02. The highest BCUT2D eigenvalue weighted by molar-refractivity contribution is 6.12. The highest BCUT2D eigenvalue weighted by Gasteiger charge is 2.17. The molecule has 0 bridgehead atoms. The first-order valence-corrected chi connectivity index (χ1v) is 17.9. The standard InChI is InChI=1S/C49H32N4/c1-4-15-34(16-5-1)47-50-48(35-17-6-2-7-18-35)52-49(51-47)38-22-12-21-36(31-38)40-26-13-19-33-20-14-27-41(46(33)40)37-29-30-45-43(32-37)42-25-10-11-28-44(42)53(45)39-23-8-3-9-24-39/h1-32H. The zero-order valence-electron chi connectivity index (χ0n) is 28.8. The molecule has 53 heavy (non-hydrogen) atoms. The minimum absolute atomic E-state index is 0.639. The average molecular weight is 677 g/mol. The summed E-state index contributed by atoms with van der Waals surface area (Å²) in [6, 6.07) is 68.2. The van der Waals surface area contributed by atoms with E-state index in [1.54, 1.807) is 0 Å². The number of rotatable bonds is 6. The van der Waals surface area contributed by atoms with Crippen molar-refractivity contribution < 1.29 is 0 Å². The Labute approximate surface area is 307 Å². The SMILES string of the molecule is c1ccc(-c2nc(-c3ccccc3)nc(-c3cccc(-c4cccc5cccc(-c6ccc7c(c6)c6ccccc6n7-c6ccccc6)c45)c3)n2)cc1. The van der Waals surface area contributed by atoms with Crippen LogP contribution < -0.4 is 0 Å². The van der Waals surface area contributed by atoms with Gasteiger partial charge in [-0.15, -0.1) is 0 Å². The lowest BCUT2D eigenvalue weighted by Crippen LogP contribution is -2.00.